The highest BCUT2D eigenvalue weighted by molar-refractivity contribution is 9.10. The van der Waals surface area contributed by atoms with Gasteiger partial charge in [0.2, 0.25) is 0 Å². The third-order valence-corrected chi connectivity index (χ3v) is 5.08. The van der Waals surface area contributed by atoms with Crippen LogP contribution in [0.3, 0.4) is 0 Å². The first kappa shape index (κ1) is 19.2. The molecule has 0 bridgehead atoms. The fourth-order valence-electron chi connectivity index (χ4n) is 3.21. The molecule has 1 unspecified atom stereocenters. The van der Waals surface area contributed by atoms with Gasteiger partial charge in [0.05, 0.1) is 5.71 Å². The van der Waals surface area contributed by atoms with Crippen LogP contribution in [-0.4, -0.2) is 10.9 Å². The molecule has 1 N–H and O–H groups in total. The maximum atomic E-state index is 13.6. The number of oxime groups is 1. The molecule has 2 nitrogen and oxygen atoms in total. The Bertz CT molecular complexity index is 950. The van der Waals surface area contributed by atoms with Gasteiger partial charge in [-0.15, -0.1) is 0 Å². The predicted octanol–water partition coefficient (Wildman–Crippen LogP) is 6.44. The van der Waals surface area contributed by atoms with E-state index in [0.29, 0.717) is 6.42 Å². The molecule has 3 aromatic rings. The summed E-state index contributed by atoms with van der Waals surface area (Å²) in [6.45, 7) is 2.01. The molecule has 3 aromatic carbocycles. The summed E-state index contributed by atoms with van der Waals surface area (Å²) in [6.07, 6.45) is 0.297. The zero-order valence-electron chi connectivity index (χ0n) is 14.7. The molecule has 0 aliphatic rings. The van der Waals surface area contributed by atoms with Crippen LogP contribution in [0.4, 0.5) is 8.78 Å². The molecular formula is C22H18BrF2NO. The summed E-state index contributed by atoms with van der Waals surface area (Å²) < 4.78 is 28.2. The predicted molar refractivity (Wildman–Crippen MR) is 106 cm³/mol. The van der Waals surface area contributed by atoms with Crippen molar-refractivity contribution in [3.63, 3.8) is 0 Å². The Balaban J connectivity index is 2.05. The fraction of sp³-hybridized carbons (Fsp3) is 0.136. The highest BCUT2D eigenvalue weighted by Gasteiger charge is 2.21. The van der Waals surface area contributed by atoms with E-state index >= 15 is 0 Å². The Morgan fingerprint density at radius 1 is 1.00 bits per heavy atom. The Kier molecular flexibility index (Phi) is 6.01. The molecule has 0 aliphatic carbocycles. The number of halogens is 3. The summed E-state index contributed by atoms with van der Waals surface area (Å²) in [5, 5.41) is 12.9. The number of rotatable bonds is 5. The average molecular weight is 430 g/mol. The largest absolute Gasteiger partial charge is 0.411 e. The second-order valence-corrected chi connectivity index (χ2v) is 7.29. The summed E-state index contributed by atoms with van der Waals surface area (Å²) in [5.74, 6) is -1.54. The normalized spacial score (nSPS) is 12.8. The number of nitrogens with zero attached hydrogens (tertiary/aromatic N) is 1. The lowest BCUT2D eigenvalue weighted by molar-refractivity contribution is 0.317. The van der Waals surface area contributed by atoms with E-state index in [-0.39, 0.29) is 17.2 Å². The van der Waals surface area contributed by atoms with Crippen molar-refractivity contribution in [2.75, 3.05) is 0 Å². The first-order valence-electron chi connectivity index (χ1n) is 8.46. The molecule has 0 amide bonds. The van der Waals surface area contributed by atoms with Gasteiger partial charge in [0.25, 0.3) is 0 Å². The summed E-state index contributed by atoms with van der Waals surface area (Å²) in [6, 6.07) is 18.9. The van der Waals surface area contributed by atoms with Crippen molar-refractivity contribution in [1.82, 2.24) is 0 Å². The van der Waals surface area contributed by atoms with E-state index in [1.165, 1.54) is 12.1 Å². The number of hydrogen-bond donors (Lipinski definition) is 1. The van der Waals surface area contributed by atoms with E-state index in [0.717, 1.165) is 27.2 Å². The minimum Gasteiger partial charge on any atom is -0.411 e. The Morgan fingerprint density at radius 2 is 1.63 bits per heavy atom. The van der Waals surface area contributed by atoms with Crippen molar-refractivity contribution < 1.29 is 14.0 Å². The fourth-order valence-corrected chi connectivity index (χ4v) is 3.47. The van der Waals surface area contributed by atoms with E-state index in [4.69, 9.17) is 0 Å². The van der Waals surface area contributed by atoms with Crippen LogP contribution < -0.4 is 0 Å². The summed E-state index contributed by atoms with van der Waals surface area (Å²) in [7, 11) is 0. The number of aryl methyl sites for hydroxylation is 1. The van der Waals surface area contributed by atoms with Gasteiger partial charge in [0, 0.05) is 28.4 Å². The molecule has 1 atom stereocenters. The zero-order valence-corrected chi connectivity index (χ0v) is 16.2. The van der Waals surface area contributed by atoms with Crippen LogP contribution in [0, 0.1) is 18.6 Å². The molecule has 0 fully saturated rings. The number of hydrogen-bond acceptors (Lipinski definition) is 2. The average Bonchev–Trinajstić information content (AvgIpc) is 2.64. The van der Waals surface area contributed by atoms with Gasteiger partial charge < -0.3 is 5.21 Å². The second-order valence-electron chi connectivity index (χ2n) is 6.37. The molecule has 3 rings (SSSR count). The van der Waals surface area contributed by atoms with Gasteiger partial charge in [0.1, 0.15) is 11.6 Å². The quantitative estimate of drug-likeness (QED) is 0.282. The molecule has 0 saturated heterocycles. The van der Waals surface area contributed by atoms with Crippen molar-refractivity contribution in [2.24, 2.45) is 5.16 Å². The van der Waals surface area contributed by atoms with Gasteiger partial charge in [0.15, 0.2) is 0 Å². The van der Waals surface area contributed by atoms with Crippen LogP contribution in [-0.2, 0) is 0 Å². The van der Waals surface area contributed by atoms with Gasteiger partial charge in [-0.2, -0.15) is 0 Å². The van der Waals surface area contributed by atoms with Crippen LogP contribution in [0.15, 0.2) is 76.4 Å². The van der Waals surface area contributed by atoms with Crippen LogP contribution in [0.1, 0.15) is 34.6 Å². The minimum atomic E-state index is -0.706. The molecule has 0 radical (unpaired) electrons. The number of benzene rings is 3. The lowest BCUT2D eigenvalue weighted by atomic mass is 9.83. The van der Waals surface area contributed by atoms with Crippen LogP contribution in [0.2, 0.25) is 0 Å². The second kappa shape index (κ2) is 8.44. The zero-order chi connectivity index (χ0) is 19.4. The summed E-state index contributed by atoms with van der Waals surface area (Å²) >= 11 is 3.44. The van der Waals surface area contributed by atoms with Crippen molar-refractivity contribution >= 4 is 21.6 Å². The van der Waals surface area contributed by atoms with Crippen molar-refractivity contribution in [3.8, 4) is 0 Å². The summed E-state index contributed by atoms with van der Waals surface area (Å²) in [4.78, 5) is 0. The monoisotopic (exact) mass is 429 g/mol. The van der Waals surface area contributed by atoms with Gasteiger partial charge in [-0.25, -0.2) is 8.78 Å². The molecule has 0 saturated carbocycles. The lowest BCUT2D eigenvalue weighted by Gasteiger charge is -2.21. The van der Waals surface area contributed by atoms with Gasteiger partial charge in [-0.3, -0.25) is 0 Å². The first-order chi connectivity index (χ1) is 13.0. The van der Waals surface area contributed by atoms with Crippen molar-refractivity contribution in [1.29, 1.82) is 0 Å². The highest BCUT2D eigenvalue weighted by Crippen LogP contribution is 2.32. The molecule has 0 aromatic heterocycles. The minimum absolute atomic E-state index is 0.128. The van der Waals surface area contributed by atoms with Crippen LogP contribution in [0.5, 0.6) is 0 Å². The Morgan fingerprint density at radius 3 is 2.22 bits per heavy atom. The molecule has 27 heavy (non-hydrogen) atoms. The van der Waals surface area contributed by atoms with Gasteiger partial charge >= 0.3 is 0 Å². The smallest absolute Gasteiger partial charge is 0.126 e. The molecule has 0 spiro atoms. The van der Waals surface area contributed by atoms with Crippen molar-refractivity contribution in [2.45, 2.75) is 19.3 Å². The Labute approximate surface area is 165 Å². The first-order valence-corrected chi connectivity index (χ1v) is 9.25. The topological polar surface area (TPSA) is 32.6 Å². The molecule has 138 valence electrons. The van der Waals surface area contributed by atoms with E-state index in [9.17, 15) is 14.0 Å². The van der Waals surface area contributed by atoms with E-state index in [1.54, 1.807) is 0 Å². The molecule has 5 heteroatoms. The third kappa shape index (κ3) is 4.61. The van der Waals surface area contributed by atoms with E-state index in [2.05, 4.69) is 21.1 Å². The Hall–Kier alpha value is -2.53. The lowest BCUT2D eigenvalue weighted by Crippen LogP contribution is -2.12. The van der Waals surface area contributed by atoms with E-state index in [1.807, 2.05) is 55.5 Å². The summed E-state index contributed by atoms with van der Waals surface area (Å²) in [5.41, 5.74) is 3.63. The van der Waals surface area contributed by atoms with E-state index < -0.39 is 11.6 Å². The molecular weight excluding hydrogens is 412 g/mol. The third-order valence-electron chi connectivity index (χ3n) is 4.55. The SMILES string of the molecule is Cc1ccccc1C(C/C(=N\O)c1cc(F)cc(F)c1)c1ccc(Br)cc1. The van der Waals surface area contributed by atoms with Gasteiger partial charge in [-0.05, 0) is 47.9 Å². The highest BCUT2D eigenvalue weighted by atomic mass is 79.9. The van der Waals surface area contributed by atoms with Gasteiger partial charge in [-0.1, -0.05) is 57.5 Å². The maximum absolute atomic E-state index is 13.6. The molecule has 0 aliphatic heterocycles. The van der Waals surface area contributed by atoms with Crippen LogP contribution >= 0.6 is 15.9 Å². The standard InChI is InChI=1S/C22H18BrF2NO/c1-14-4-2-3-5-20(14)21(15-6-8-17(23)9-7-15)13-22(26-27)16-10-18(24)12-19(25)11-16/h2-12,21,27H,13H2,1H3/b26-22+. The van der Waals surface area contributed by atoms with Crippen molar-refractivity contribution in [3.05, 3.63) is 105 Å². The van der Waals surface area contributed by atoms with Crippen LogP contribution in [0.25, 0.3) is 0 Å². The molecule has 0 heterocycles. The maximum Gasteiger partial charge on any atom is 0.126 e.